The van der Waals surface area contributed by atoms with Crippen LogP contribution in [-0.2, 0) is 4.74 Å². The summed E-state index contributed by atoms with van der Waals surface area (Å²) in [5.74, 6) is 6.27. The average Bonchev–Trinajstić information content (AvgIpc) is 3.17. The number of hydrazine groups is 1. The van der Waals surface area contributed by atoms with E-state index in [4.69, 9.17) is 10.6 Å². The summed E-state index contributed by atoms with van der Waals surface area (Å²) in [7, 11) is 0. The van der Waals surface area contributed by atoms with Crippen LogP contribution in [0.25, 0.3) is 5.69 Å². The number of hydrogen-bond acceptors (Lipinski definition) is 5. The van der Waals surface area contributed by atoms with E-state index in [9.17, 15) is 0 Å². The van der Waals surface area contributed by atoms with Crippen molar-refractivity contribution in [1.29, 1.82) is 0 Å². The van der Waals surface area contributed by atoms with Crippen LogP contribution in [0.5, 0.6) is 0 Å². The van der Waals surface area contributed by atoms with Gasteiger partial charge in [-0.25, -0.2) is 4.68 Å². The lowest BCUT2D eigenvalue weighted by Gasteiger charge is -2.19. The Balaban J connectivity index is 1.83. The van der Waals surface area contributed by atoms with Gasteiger partial charge in [0.1, 0.15) is 0 Å². The van der Waals surface area contributed by atoms with E-state index in [0.717, 1.165) is 37.4 Å². The van der Waals surface area contributed by atoms with E-state index in [-0.39, 0.29) is 6.04 Å². The Labute approximate surface area is 117 Å². The molecular formula is C14H19N5O. The summed E-state index contributed by atoms with van der Waals surface area (Å²) in [5, 5.41) is 8.20. The van der Waals surface area contributed by atoms with Gasteiger partial charge < -0.3 is 4.74 Å². The van der Waals surface area contributed by atoms with Crippen LogP contribution < -0.4 is 11.3 Å². The Bertz CT molecular complexity index is 536. The first-order valence-electron chi connectivity index (χ1n) is 6.88. The second-order valence-electron chi connectivity index (χ2n) is 5.09. The normalized spacial score (nSPS) is 20.1. The standard InChI is InChI=1S/C14H19N5O/c15-17-13(8-11-6-7-20-10-11)14-9-16-18-19(14)12-4-2-1-3-5-12/h1-5,9,11,13,17H,6-8,10,15H2. The van der Waals surface area contributed by atoms with Gasteiger partial charge in [0.25, 0.3) is 0 Å². The first-order valence-corrected chi connectivity index (χ1v) is 6.88. The molecule has 3 rings (SSSR count). The Morgan fingerprint density at radius 2 is 2.25 bits per heavy atom. The summed E-state index contributed by atoms with van der Waals surface area (Å²) in [4.78, 5) is 0. The molecule has 1 aliphatic heterocycles. The molecule has 3 N–H and O–H groups in total. The highest BCUT2D eigenvalue weighted by molar-refractivity contribution is 5.32. The lowest BCUT2D eigenvalue weighted by Crippen LogP contribution is -2.31. The molecule has 2 aromatic rings. The van der Waals surface area contributed by atoms with Crippen LogP contribution in [0.2, 0.25) is 0 Å². The van der Waals surface area contributed by atoms with E-state index in [1.807, 2.05) is 35.0 Å². The van der Waals surface area contributed by atoms with Gasteiger partial charge >= 0.3 is 0 Å². The van der Waals surface area contributed by atoms with E-state index >= 15 is 0 Å². The monoisotopic (exact) mass is 273 g/mol. The summed E-state index contributed by atoms with van der Waals surface area (Å²) in [5.41, 5.74) is 4.85. The summed E-state index contributed by atoms with van der Waals surface area (Å²) in [6, 6.07) is 9.98. The minimum atomic E-state index is 0.0249. The molecule has 20 heavy (non-hydrogen) atoms. The lowest BCUT2D eigenvalue weighted by atomic mass is 9.98. The third kappa shape index (κ3) is 2.72. The molecule has 0 amide bonds. The van der Waals surface area contributed by atoms with Crippen molar-refractivity contribution in [2.24, 2.45) is 11.8 Å². The van der Waals surface area contributed by atoms with Crippen molar-refractivity contribution < 1.29 is 4.74 Å². The largest absolute Gasteiger partial charge is 0.381 e. The molecule has 106 valence electrons. The van der Waals surface area contributed by atoms with Crippen molar-refractivity contribution in [2.75, 3.05) is 13.2 Å². The smallest absolute Gasteiger partial charge is 0.0828 e. The van der Waals surface area contributed by atoms with Crippen molar-refractivity contribution in [1.82, 2.24) is 20.4 Å². The Hall–Kier alpha value is -1.76. The first-order chi connectivity index (χ1) is 9.88. The molecule has 6 nitrogen and oxygen atoms in total. The molecule has 6 heteroatoms. The van der Waals surface area contributed by atoms with E-state index in [1.165, 1.54) is 0 Å². The van der Waals surface area contributed by atoms with Gasteiger partial charge in [-0.1, -0.05) is 23.4 Å². The highest BCUT2D eigenvalue weighted by Gasteiger charge is 2.24. The number of benzene rings is 1. The highest BCUT2D eigenvalue weighted by atomic mass is 16.5. The van der Waals surface area contributed by atoms with Crippen LogP contribution in [-0.4, -0.2) is 28.2 Å². The van der Waals surface area contributed by atoms with E-state index in [2.05, 4.69) is 15.7 Å². The number of nitrogens with two attached hydrogens (primary N) is 1. The molecule has 0 radical (unpaired) electrons. The molecule has 1 aromatic heterocycles. The molecular weight excluding hydrogens is 254 g/mol. The minimum Gasteiger partial charge on any atom is -0.381 e. The van der Waals surface area contributed by atoms with Gasteiger partial charge in [-0.3, -0.25) is 11.3 Å². The number of ether oxygens (including phenoxy) is 1. The molecule has 1 fully saturated rings. The molecule has 0 aliphatic carbocycles. The van der Waals surface area contributed by atoms with Gasteiger partial charge in [0.05, 0.1) is 23.6 Å². The second kappa shape index (κ2) is 6.13. The number of nitrogens with one attached hydrogen (secondary N) is 1. The van der Waals surface area contributed by atoms with Crippen LogP contribution in [0.1, 0.15) is 24.6 Å². The van der Waals surface area contributed by atoms with Crippen molar-refractivity contribution in [2.45, 2.75) is 18.9 Å². The van der Waals surface area contributed by atoms with E-state index < -0.39 is 0 Å². The van der Waals surface area contributed by atoms with Crippen molar-refractivity contribution in [3.63, 3.8) is 0 Å². The molecule has 2 unspecified atom stereocenters. The maximum atomic E-state index is 5.73. The lowest BCUT2D eigenvalue weighted by molar-refractivity contribution is 0.181. The van der Waals surface area contributed by atoms with Crippen LogP contribution >= 0.6 is 0 Å². The van der Waals surface area contributed by atoms with Crippen molar-refractivity contribution in [3.8, 4) is 5.69 Å². The van der Waals surface area contributed by atoms with Gasteiger partial charge in [0.15, 0.2) is 0 Å². The van der Waals surface area contributed by atoms with Crippen LogP contribution in [0, 0.1) is 5.92 Å². The fraction of sp³-hybridized carbons (Fsp3) is 0.429. The van der Waals surface area contributed by atoms with Gasteiger partial charge in [0.2, 0.25) is 0 Å². The quantitative estimate of drug-likeness (QED) is 0.632. The van der Waals surface area contributed by atoms with Crippen LogP contribution in [0.15, 0.2) is 36.5 Å². The first kappa shape index (κ1) is 13.2. The third-order valence-electron chi connectivity index (χ3n) is 3.73. The molecule has 0 bridgehead atoms. The maximum absolute atomic E-state index is 5.73. The number of hydrogen-bond donors (Lipinski definition) is 2. The average molecular weight is 273 g/mol. The van der Waals surface area contributed by atoms with Crippen molar-refractivity contribution >= 4 is 0 Å². The fourth-order valence-corrected chi connectivity index (χ4v) is 2.63. The molecule has 2 atom stereocenters. The third-order valence-corrected chi connectivity index (χ3v) is 3.73. The number of rotatable bonds is 5. The van der Waals surface area contributed by atoms with Gasteiger partial charge in [-0.05, 0) is 30.9 Å². The molecule has 2 heterocycles. The Morgan fingerprint density at radius 3 is 2.95 bits per heavy atom. The Kier molecular flexibility index (Phi) is 4.05. The SMILES string of the molecule is NNC(CC1CCOC1)c1cnnn1-c1ccccc1. The predicted octanol–water partition coefficient (Wildman–Crippen LogP) is 1.20. The second-order valence-corrected chi connectivity index (χ2v) is 5.09. The zero-order valence-corrected chi connectivity index (χ0v) is 11.3. The molecule has 1 aromatic carbocycles. The molecule has 0 saturated carbocycles. The van der Waals surface area contributed by atoms with Crippen LogP contribution in [0.3, 0.4) is 0 Å². The molecule has 0 spiro atoms. The minimum absolute atomic E-state index is 0.0249. The number of para-hydroxylation sites is 1. The van der Waals surface area contributed by atoms with Crippen molar-refractivity contribution in [3.05, 3.63) is 42.2 Å². The zero-order valence-electron chi connectivity index (χ0n) is 11.3. The predicted molar refractivity (Wildman–Crippen MR) is 75.0 cm³/mol. The fourth-order valence-electron chi connectivity index (χ4n) is 2.63. The summed E-state index contributed by atoms with van der Waals surface area (Å²) in [6.07, 6.45) is 3.79. The van der Waals surface area contributed by atoms with Gasteiger partial charge in [-0.15, -0.1) is 5.10 Å². The molecule has 1 saturated heterocycles. The summed E-state index contributed by atoms with van der Waals surface area (Å²) >= 11 is 0. The number of nitrogens with zero attached hydrogens (tertiary/aromatic N) is 3. The zero-order chi connectivity index (χ0) is 13.8. The van der Waals surface area contributed by atoms with Gasteiger partial charge in [0, 0.05) is 13.2 Å². The highest BCUT2D eigenvalue weighted by Crippen LogP contribution is 2.26. The van der Waals surface area contributed by atoms with E-state index in [1.54, 1.807) is 6.20 Å². The van der Waals surface area contributed by atoms with Crippen LogP contribution in [0.4, 0.5) is 0 Å². The maximum Gasteiger partial charge on any atom is 0.0828 e. The molecule has 1 aliphatic rings. The summed E-state index contributed by atoms with van der Waals surface area (Å²) in [6.45, 7) is 1.66. The summed E-state index contributed by atoms with van der Waals surface area (Å²) < 4.78 is 7.26. The number of aromatic nitrogens is 3. The topological polar surface area (TPSA) is 78.0 Å². The van der Waals surface area contributed by atoms with E-state index in [0.29, 0.717) is 5.92 Å². The Morgan fingerprint density at radius 1 is 1.40 bits per heavy atom. The van der Waals surface area contributed by atoms with Gasteiger partial charge in [-0.2, -0.15) is 0 Å².